The molecule has 18 nitrogen and oxygen atoms in total. The molecule has 2 saturated heterocycles. The van der Waals surface area contributed by atoms with Crippen LogP contribution in [0.25, 0.3) is 0 Å². The number of carbonyl (C=O) groups excluding carboxylic acids is 2. The average Bonchev–Trinajstić information content (AvgIpc) is 4.04. The van der Waals surface area contributed by atoms with E-state index in [2.05, 4.69) is 66.3 Å². The highest BCUT2D eigenvalue weighted by Gasteiger charge is 2.40. The zero-order valence-electron chi connectivity index (χ0n) is 45.4. The molecule has 2 amide bonds. The Morgan fingerprint density at radius 3 is 1.21 bits per heavy atom. The molecule has 430 valence electrons. The molecule has 5 aromatic carbocycles. The number of amides is 2. The second-order valence-electron chi connectivity index (χ2n) is 20.5. The normalized spacial score (nSPS) is 19.5. The Hall–Kier alpha value is -5.78. The van der Waals surface area contributed by atoms with Gasteiger partial charge in [0.2, 0.25) is 20.0 Å². The lowest BCUT2D eigenvalue weighted by molar-refractivity contribution is 0.0503. The van der Waals surface area contributed by atoms with E-state index >= 15 is 0 Å². The maximum absolute atomic E-state index is 13.0. The molecule has 5 aromatic rings. The van der Waals surface area contributed by atoms with Gasteiger partial charge in [0.15, 0.2) is 0 Å². The quantitative estimate of drug-likeness (QED) is 0.0376. The predicted octanol–water partition coefficient (Wildman–Crippen LogP) is 6.23. The number of ether oxygens (including phenoxy) is 6. The van der Waals surface area contributed by atoms with Crippen molar-refractivity contribution >= 4 is 31.9 Å². The van der Waals surface area contributed by atoms with Crippen LogP contribution in [0.15, 0.2) is 131 Å². The SMILES string of the molecule is O=C(NCCOCCOCCNS(=O)(=O)c1ccc(O[C@H]2c3ccccc3CC2N2CCCCC2)cc1)c1cccc(C(=O)NCCOCCOCCNS(=O)(=O)c2ccc(O[C@H]3c4ccccc4C[C@@H]3N3CCCCC3)cc2)c1. The van der Waals surface area contributed by atoms with Crippen molar-refractivity contribution in [3.63, 3.8) is 0 Å². The standard InChI is InChI=1S/C60H76N6O12S2/c67-59(61-26-34-73-38-40-75-36-28-63-79(69,70)51-22-18-49(19-23-51)77-57-53-16-5-3-12-45(53)43-55(57)65-30-7-1-8-31-65)47-14-11-15-48(42-47)60(68)62-27-35-74-39-41-76-37-29-64-80(71,72)52-24-20-50(21-25-52)78-58-54-17-6-4-13-46(54)44-56(58)66-32-9-2-10-33-66/h3-6,11-25,42,55-58,63-64H,1-2,7-10,26-41,43-44H2,(H,61,67)(H,62,68)/t55-,56?,57-,58-/m0/s1. The molecule has 4 aliphatic rings. The van der Waals surface area contributed by atoms with E-state index in [0.29, 0.717) is 22.6 Å². The zero-order valence-corrected chi connectivity index (χ0v) is 47.1. The van der Waals surface area contributed by atoms with E-state index in [1.807, 2.05) is 12.1 Å². The highest BCUT2D eigenvalue weighted by molar-refractivity contribution is 7.89. The summed E-state index contributed by atoms with van der Waals surface area (Å²) in [5.74, 6) is 0.529. The molecule has 0 bridgehead atoms. The summed E-state index contributed by atoms with van der Waals surface area (Å²) >= 11 is 0. The average molecular weight is 1140 g/mol. The van der Waals surface area contributed by atoms with Gasteiger partial charge >= 0.3 is 0 Å². The zero-order chi connectivity index (χ0) is 55.6. The minimum absolute atomic E-state index is 0.0799. The van der Waals surface area contributed by atoms with Crippen molar-refractivity contribution in [2.24, 2.45) is 0 Å². The summed E-state index contributed by atoms with van der Waals surface area (Å²) in [6.07, 6.45) is 8.94. The number of carbonyl (C=O) groups is 2. The third-order valence-corrected chi connectivity index (χ3v) is 18.0. The smallest absolute Gasteiger partial charge is 0.251 e. The molecule has 9 rings (SSSR count). The summed E-state index contributed by atoms with van der Waals surface area (Å²) in [6.45, 7) is 6.56. The van der Waals surface area contributed by atoms with Crippen molar-refractivity contribution in [3.05, 3.63) is 155 Å². The highest BCUT2D eigenvalue weighted by Crippen LogP contribution is 2.41. The van der Waals surface area contributed by atoms with Gasteiger partial charge in [-0.3, -0.25) is 19.4 Å². The Bertz CT molecular complexity index is 2810. The van der Waals surface area contributed by atoms with Gasteiger partial charge in [0, 0.05) is 37.3 Å². The lowest BCUT2D eigenvalue weighted by atomic mass is 10.0. The van der Waals surface area contributed by atoms with Gasteiger partial charge < -0.3 is 39.1 Å². The molecule has 2 heterocycles. The van der Waals surface area contributed by atoms with E-state index in [-0.39, 0.29) is 125 Å². The first-order valence-electron chi connectivity index (χ1n) is 28.2. The number of benzene rings is 5. The second kappa shape index (κ2) is 29.3. The van der Waals surface area contributed by atoms with Crippen LogP contribution in [-0.2, 0) is 51.8 Å². The number of nitrogens with zero attached hydrogens (tertiary/aromatic N) is 2. The second-order valence-corrected chi connectivity index (χ2v) is 24.0. The van der Waals surface area contributed by atoms with Gasteiger partial charge in [-0.1, -0.05) is 67.4 Å². The van der Waals surface area contributed by atoms with Crippen molar-refractivity contribution in [2.75, 3.05) is 105 Å². The number of hydrogen-bond acceptors (Lipinski definition) is 14. The van der Waals surface area contributed by atoms with Crippen LogP contribution < -0.4 is 29.6 Å². The Labute approximate surface area is 471 Å². The Morgan fingerprint density at radius 2 is 0.812 bits per heavy atom. The van der Waals surface area contributed by atoms with Crippen LogP contribution in [0.3, 0.4) is 0 Å². The molecular weight excluding hydrogens is 1060 g/mol. The fraction of sp³-hybridized carbons (Fsp3) is 0.467. The topological polar surface area (TPSA) is 212 Å². The fourth-order valence-electron chi connectivity index (χ4n) is 11.0. The van der Waals surface area contributed by atoms with Gasteiger partial charge in [-0.25, -0.2) is 26.3 Å². The summed E-state index contributed by atoms with van der Waals surface area (Å²) in [6, 6.07) is 36.8. The molecule has 0 radical (unpaired) electrons. The number of likely N-dealkylation sites (tertiary alicyclic amines) is 2. The minimum Gasteiger partial charge on any atom is -0.484 e. The first-order chi connectivity index (χ1) is 39.0. The molecule has 2 aliphatic heterocycles. The van der Waals surface area contributed by atoms with Crippen molar-refractivity contribution in [3.8, 4) is 11.5 Å². The van der Waals surface area contributed by atoms with Crippen LogP contribution in [0.2, 0.25) is 0 Å². The molecule has 1 unspecified atom stereocenters. The van der Waals surface area contributed by atoms with Crippen LogP contribution in [-0.4, -0.2) is 156 Å². The molecule has 2 aliphatic carbocycles. The molecule has 80 heavy (non-hydrogen) atoms. The lowest BCUT2D eigenvalue weighted by Crippen LogP contribution is -2.43. The van der Waals surface area contributed by atoms with Crippen molar-refractivity contribution in [2.45, 2.75) is 85.4 Å². The predicted molar refractivity (Wildman–Crippen MR) is 303 cm³/mol. The van der Waals surface area contributed by atoms with Crippen molar-refractivity contribution in [1.82, 2.24) is 29.9 Å². The van der Waals surface area contributed by atoms with E-state index in [9.17, 15) is 26.4 Å². The van der Waals surface area contributed by atoms with Crippen LogP contribution >= 0.6 is 0 Å². The molecule has 4 N–H and O–H groups in total. The van der Waals surface area contributed by atoms with Gasteiger partial charge in [0.25, 0.3) is 11.8 Å². The van der Waals surface area contributed by atoms with Crippen LogP contribution in [0, 0.1) is 0 Å². The first-order valence-corrected chi connectivity index (χ1v) is 31.1. The summed E-state index contributed by atoms with van der Waals surface area (Å²) in [7, 11) is -7.53. The maximum Gasteiger partial charge on any atom is 0.251 e. The van der Waals surface area contributed by atoms with E-state index in [0.717, 1.165) is 39.0 Å². The van der Waals surface area contributed by atoms with Gasteiger partial charge in [-0.05, 0) is 154 Å². The molecule has 4 atom stereocenters. The third-order valence-electron chi connectivity index (χ3n) is 15.1. The number of sulfonamides is 2. The molecular formula is C60H76N6O12S2. The van der Waals surface area contributed by atoms with E-state index in [4.69, 9.17) is 28.4 Å². The number of piperidine rings is 2. The monoisotopic (exact) mass is 1140 g/mol. The van der Waals surface area contributed by atoms with E-state index in [1.165, 1.54) is 66.8 Å². The van der Waals surface area contributed by atoms with Gasteiger partial charge in [-0.2, -0.15) is 0 Å². The first kappa shape index (κ1) is 58.9. The largest absolute Gasteiger partial charge is 0.484 e. The van der Waals surface area contributed by atoms with Gasteiger partial charge in [-0.15, -0.1) is 0 Å². The third kappa shape index (κ3) is 16.2. The number of hydrogen-bond donors (Lipinski definition) is 4. The Balaban J connectivity index is 0.578. The molecule has 0 spiro atoms. The summed E-state index contributed by atoms with van der Waals surface area (Å²) < 4.78 is 92.7. The Kier molecular flexibility index (Phi) is 21.5. The van der Waals surface area contributed by atoms with Crippen molar-refractivity contribution in [1.29, 1.82) is 0 Å². The van der Waals surface area contributed by atoms with Crippen LogP contribution in [0.5, 0.6) is 11.5 Å². The summed E-state index contributed by atoms with van der Waals surface area (Å²) in [4.78, 5) is 31.0. The summed E-state index contributed by atoms with van der Waals surface area (Å²) in [5.41, 5.74) is 5.63. The molecule has 0 saturated carbocycles. The van der Waals surface area contributed by atoms with Crippen molar-refractivity contribution < 1.29 is 54.8 Å². The maximum atomic E-state index is 13.0. The van der Waals surface area contributed by atoms with Gasteiger partial charge in [0.05, 0.1) is 74.7 Å². The van der Waals surface area contributed by atoms with E-state index < -0.39 is 20.0 Å². The molecule has 0 aromatic heterocycles. The Morgan fingerprint density at radius 1 is 0.438 bits per heavy atom. The van der Waals surface area contributed by atoms with Gasteiger partial charge in [0.1, 0.15) is 23.7 Å². The number of fused-ring (bicyclic) bond motifs is 2. The number of rotatable bonds is 30. The number of nitrogens with one attached hydrogen (secondary N) is 4. The highest BCUT2D eigenvalue weighted by atomic mass is 32.2. The fourth-order valence-corrected chi connectivity index (χ4v) is 13.0. The van der Waals surface area contributed by atoms with Crippen LogP contribution in [0.4, 0.5) is 0 Å². The van der Waals surface area contributed by atoms with E-state index in [1.54, 1.807) is 66.7 Å². The summed E-state index contributed by atoms with van der Waals surface area (Å²) in [5, 5.41) is 5.56. The lowest BCUT2D eigenvalue weighted by Gasteiger charge is -2.35. The molecule has 20 heteroatoms. The minimum atomic E-state index is -3.77. The molecule has 2 fully saturated rings. The van der Waals surface area contributed by atoms with Crippen LogP contribution in [0.1, 0.15) is 93.7 Å².